The van der Waals surface area contributed by atoms with E-state index in [2.05, 4.69) is 17.0 Å². The molecule has 0 aromatic heterocycles. The van der Waals surface area contributed by atoms with Crippen molar-refractivity contribution in [2.45, 2.75) is 38.0 Å². The summed E-state index contributed by atoms with van der Waals surface area (Å²) in [5.74, 6) is 0.285. The van der Waals surface area contributed by atoms with Crippen molar-refractivity contribution in [3.05, 3.63) is 88.9 Å². The largest absolute Gasteiger partial charge is 0.495 e. The number of carbonyl (C=O) groups is 1. The zero-order valence-electron chi connectivity index (χ0n) is 20.7. The van der Waals surface area contributed by atoms with Gasteiger partial charge in [-0.05, 0) is 61.2 Å². The molecule has 1 amide bonds. The Morgan fingerprint density at radius 3 is 2.33 bits per heavy atom. The highest BCUT2D eigenvalue weighted by molar-refractivity contribution is 7.89. The van der Waals surface area contributed by atoms with Gasteiger partial charge in [0.05, 0.1) is 18.6 Å². The van der Waals surface area contributed by atoms with Gasteiger partial charge in [-0.2, -0.15) is 0 Å². The summed E-state index contributed by atoms with van der Waals surface area (Å²) in [6, 6.07) is 21.4. The van der Waals surface area contributed by atoms with E-state index >= 15 is 0 Å². The predicted molar refractivity (Wildman–Crippen MR) is 143 cm³/mol. The molecule has 192 valence electrons. The molecule has 7 nitrogen and oxygen atoms in total. The number of nitrogens with one attached hydrogen (secondary N) is 2. The lowest BCUT2D eigenvalue weighted by atomic mass is 10.0. The van der Waals surface area contributed by atoms with Crippen LogP contribution < -0.4 is 19.5 Å². The smallest absolute Gasteiger partial charge is 0.277 e. The van der Waals surface area contributed by atoms with Gasteiger partial charge in [-0.1, -0.05) is 61.0 Å². The SMILES string of the molecule is COc1ccc(Cl)cc1NCC(C)c1ccc(OC(C)(C)C(=O)NS(=O)(=O)Cc2ccccc2)cc1. The first-order valence-corrected chi connectivity index (χ1v) is 13.5. The molecule has 0 aliphatic carbocycles. The molecule has 3 rings (SSSR count). The summed E-state index contributed by atoms with van der Waals surface area (Å²) in [5.41, 5.74) is 1.06. The van der Waals surface area contributed by atoms with Gasteiger partial charge in [-0.15, -0.1) is 0 Å². The van der Waals surface area contributed by atoms with Crippen LogP contribution in [-0.2, 0) is 20.6 Å². The lowest BCUT2D eigenvalue weighted by molar-refractivity contribution is -0.132. The van der Waals surface area contributed by atoms with Crippen LogP contribution in [0.3, 0.4) is 0 Å². The third-order valence-corrected chi connectivity index (χ3v) is 7.02. The van der Waals surface area contributed by atoms with Crippen LogP contribution in [0.15, 0.2) is 72.8 Å². The van der Waals surface area contributed by atoms with Gasteiger partial charge in [0.1, 0.15) is 11.5 Å². The van der Waals surface area contributed by atoms with Crippen LogP contribution in [0.4, 0.5) is 5.69 Å². The zero-order chi connectivity index (χ0) is 26.3. The van der Waals surface area contributed by atoms with E-state index in [0.29, 0.717) is 28.6 Å². The highest BCUT2D eigenvalue weighted by atomic mass is 35.5. The van der Waals surface area contributed by atoms with E-state index < -0.39 is 21.5 Å². The number of rotatable bonds is 11. The second kappa shape index (κ2) is 11.7. The van der Waals surface area contributed by atoms with Crippen molar-refractivity contribution < 1.29 is 22.7 Å². The lowest BCUT2D eigenvalue weighted by Gasteiger charge is -2.25. The summed E-state index contributed by atoms with van der Waals surface area (Å²) in [5, 5.41) is 3.98. The van der Waals surface area contributed by atoms with E-state index in [0.717, 1.165) is 11.3 Å². The number of anilines is 1. The van der Waals surface area contributed by atoms with E-state index in [1.165, 1.54) is 13.8 Å². The number of sulfonamides is 1. The Labute approximate surface area is 217 Å². The Kier molecular flexibility index (Phi) is 8.87. The van der Waals surface area contributed by atoms with Gasteiger partial charge < -0.3 is 14.8 Å². The number of carbonyl (C=O) groups excluding carboxylic acids is 1. The standard InChI is InChI=1S/C27H31ClN2O5S/c1-19(17-29-24-16-22(28)12-15-25(24)34-4)21-10-13-23(14-11-21)35-27(2,3)26(31)30-36(32,33)18-20-8-6-5-7-9-20/h5-16,19,29H,17-18H2,1-4H3,(H,30,31). The van der Waals surface area contributed by atoms with Gasteiger partial charge in [0.15, 0.2) is 5.60 Å². The van der Waals surface area contributed by atoms with Crippen LogP contribution in [0.1, 0.15) is 37.8 Å². The minimum Gasteiger partial charge on any atom is -0.495 e. The first kappa shape index (κ1) is 27.4. The molecule has 1 unspecified atom stereocenters. The fourth-order valence-electron chi connectivity index (χ4n) is 3.50. The molecule has 1 atom stereocenters. The summed E-state index contributed by atoms with van der Waals surface area (Å²) in [4.78, 5) is 12.7. The summed E-state index contributed by atoms with van der Waals surface area (Å²) >= 11 is 6.10. The first-order valence-electron chi connectivity index (χ1n) is 11.4. The molecular weight excluding hydrogens is 500 g/mol. The Balaban J connectivity index is 1.58. The van der Waals surface area contributed by atoms with Crippen molar-refractivity contribution in [1.82, 2.24) is 4.72 Å². The Bertz CT molecular complexity index is 1280. The quantitative estimate of drug-likeness (QED) is 0.346. The molecule has 0 spiro atoms. The molecule has 0 bridgehead atoms. The number of ether oxygens (including phenoxy) is 2. The van der Waals surface area contributed by atoms with Crippen molar-refractivity contribution in [3.8, 4) is 11.5 Å². The van der Waals surface area contributed by atoms with Crippen LogP contribution in [0.2, 0.25) is 5.02 Å². The van der Waals surface area contributed by atoms with Crippen molar-refractivity contribution in [2.24, 2.45) is 0 Å². The minimum atomic E-state index is -3.87. The van der Waals surface area contributed by atoms with Crippen molar-refractivity contribution in [1.29, 1.82) is 0 Å². The topological polar surface area (TPSA) is 93.7 Å². The molecule has 36 heavy (non-hydrogen) atoms. The van der Waals surface area contributed by atoms with Crippen LogP contribution in [0, 0.1) is 0 Å². The average molecular weight is 531 g/mol. The highest BCUT2D eigenvalue weighted by Gasteiger charge is 2.33. The Morgan fingerprint density at radius 2 is 1.69 bits per heavy atom. The molecule has 0 aliphatic rings. The molecule has 0 aliphatic heterocycles. The van der Waals surface area contributed by atoms with E-state index in [1.54, 1.807) is 55.6 Å². The van der Waals surface area contributed by atoms with Crippen molar-refractivity contribution >= 4 is 33.2 Å². The normalized spacial score (nSPS) is 12.5. The molecular formula is C27H31ClN2O5S. The van der Waals surface area contributed by atoms with Gasteiger partial charge in [0, 0.05) is 11.6 Å². The van der Waals surface area contributed by atoms with Gasteiger partial charge in [-0.3, -0.25) is 4.79 Å². The summed E-state index contributed by atoms with van der Waals surface area (Å²) in [6.45, 7) is 5.78. The predicted octanol–water partition coefficient (Wildman–Crippen LogP) is 5.37. The fraction of sp³-hybridized carbons (Fsp3) is 0.296. The maximum Gasteiger partial charge on any atom is 0.277 e. The molecule has 3 aromatic carbocycles. The molecule has 0 saturated carbocycles. The number of amides is 1. The van der Waals surface area contributed by atoms with Gasteiger partial charge in [0.25, 0.3) is 5.91 Å². The molecule has 0 heterocycles. The third-order valence-electron chi connectivity index (χ3n) is 5.58. The minimum absolute atomic E-state index is 0.155. The molecule has 0 saturated heterocycles. The van der Waals surface area contributed by atoms with E-state index in [9.17, 15) is 13.2 Å². The van der Waals surface area contributed by atoms with Gasteiger partial charge in [-0.25, -0.2) is 13.1 Å². The van der Waals surface area contributed by atoms with Crippen molar-refractivity contribution in [2.75, 3.05) is 19.0 Å². The third kappa shape index (κ3) is 7.63. The number of benzene rings is 3. The number of hydrogen-bond acceptors (Lipinski definition) is 6. The van der Waals surface area contributed by atoms with E-state index in [-0.39, 0.29) is 11.7 Å². The lowest BCUT2D eigenvalue weighted by Crippen LogP contribution is -2.48. The second-order valence-corrected chi connectivity index (χ2v) is 11.1. The molecule has 0 radical (unpaired) electrons. The summed E-state index contributed by atoms with van der Waals surface area (Å²) in [7, 11) is -2.26. The van der Waals surface area contributed by atoms with Gasteiger partial charge >= 0.3 is 0 Å². The van der Waals surface area contributed by atoms with E-state index in [4.69, 9.17) is 21.1 Å². The number of hydrogen-bond donors (Lipinski definition) is 2. The Hall–Kier alpha value is -3.23. The van der Waals surface area contributed by atoms with E-state index in [1.807, 2.05) is 24.3 Å². The maximum atomic E-state index is 12.7. The highest BCUT2D eigenvalue weighted by Crippen LogP contribution is 2.29. The molecule has 0 fully saturated rings. The number of methoxy groups -OCH3 is 1. The number of halogens is 1. The van der Waals surface area contributed by atoms with Crippen LogP contribution in [0.25, 0.3) is 0 Å². The summed E-state index contributed by atoms with van der Waals surface area (Å²) < 4.78 is 38.2. The monoisotopic (exact) mass is 530 g/mol. The summed E-state index contributed by atoms with van der Waals surface area (Å²) in [6.07, 6.45) is 0. The van der Waals surface area contributed by atoms with Crippen LogP contribution >= 0.6 is 11.6 Å². The maximum absolute atomic E-state index is 12.7. The van der Waals surface area contributed by atoms with Gasteiger partial charge in [0.2, 0.25) is 10.0 Å². The zero-order valence-corrected chi connectivity index (χ0v) is 22.3. The first-order chi connectivity index (χ1) is 17.0. The molecule has 2 N–H and O–H groups in total. The fourth-order valence-corrected chi connectivity index (χ4v) is 4.90. The van der Waals surface area contributed by atoms with Crippen molar-refractivity contribution in [3.63, 3.8) is 0 Å². The van der Waals surface area contributed by atoms with Crippen LogP contribution in [-0.4, -0.2) is 33.6 Å². The Morgan fingerprint density at radius 1 is 1.03 bits per heavy atom. The second-order valence-electron chi connectivity index (χ2n) is 8.98. The molecule has 9 heteroatoms. The molecule has 3 aromatic rings. The van der Waals surface area contributed by atoms with Crippen LogP contribution in [0.5, 0.6) is 11.5 Å². The average Bonchev–Trinajstić information content (AvgIpc) is 2.83.